The molecule has 0 bridgehead atoms. The van der Waals surface area contributed by atoms with Gasteiger partial charge in [0.2, 0.25) is 0 Å². The molecule has 2 aliphatic rings. The standard InChI is InChI=1S/C26H32N2O2/c1-4-16-30-26(29)19-12-15-24-23(17-19)21-8-7-9-22(21)25(27-24)18-10-13-20(14-11-18)28(5-2)6-3/h7-8,10-15,17,21-22,25,27H,4-6,9,16H2,1-3H3. The minimum Gasteiger partial charge on any atom is -0.462 e. The highest BCUT2D eigenvalue weighted by atomic mass is 16.5. The summed E-state index contributed by atoms with van der Waals surface area (Å²) in [7, 11) is 0. The van der Waals surface area contributed by atoms with Crippen molar-refractivity contribution >= 4 is 17.3 Å². The summed E-state index contributed by atoms with van der Waals surface area (Å²) in [5.41, 5.74) is 5.56. The van der Waals surface area contributed by atoms with E-state index in [-0.39, 0.29) is 12.0 Å². The van der Waals surface area contributed by atoms with E-state index in [1.165, 1.54) is 16.8 Å². The van der Waals surface area contributed by atoms with Crippen molar-refractivity contribution in [2.75, 3.05) is 29.9 Å². The fraction of sp³-hybridized carbons (Fsp3) is 0.423. The van der Waals surface area contributed by atoms with Gasteiger partial charge in [0.15, 0.2) is 0 Å². The molecular weight excluding hydrogens is 372 g/mol. The number of allylic oxidation sites excluding steroid dienone is 2. The Balaban J connectivity index is 1.60. The number of hydrogen-bond acceptors (Lipinski definition) is 4. The molecule has 1 N–H and O–H groups in total. The zero-order chi connectivity index (χ0) is 21.1. The van der Waals surface area contributed by atoms with E-state index >= 15 is 0 Å². The molecule has 0 radical (unpaired) electrons. The molecule has 3 atom stereocenters. The van der Waals surface area contributed by atoms with E-state index in [2.05, 4.69) is 60.5 Å². The van der Waals surface area contributed by atoms with Gasteiger partial charge in [-0.1, -0.05) is 31.2 Å². The molecule has 158 valence electrons. The number of nitrogens with zero attached hydrogens (tertiary/aromatic N) is 1. The second-order valence-corrected chi connectivity index (χ2v) is 8.18. The molecule has 0 fully saturated rings. The zero-order valence-electron chi connectivity index (χ0n) is 18.2. The Morgan fingerprint density at radius 1 is 1.10 bits per heavy atom. The number of carbonyl (C=O) groups excluding carboxylic acids is 1. The van der Waals surface area contributed by atoms with Crippen LogP contribution >= 0.6 is 0 Å². The van der Waals surface area contributed by atoms with Crippen molar-refractivity contribution in [3.05, 3.63) is 71.3 Å². The van der Waals surface area contributed by atoms with E-state index < -0.39 is 0 Å². The van der Waals surface area contributed by atoms with Crippen LogP contribution in [0.15, 0.2) is 54.6 Å². The Hall–Kier alpha value is -2.75. The minimum atomic E-state index is -0.229. The van der Waals surface area contributed by atoms with Crippen LogP contribution in [0.1, 0.15) is 67.1 Å². The van der Waals surface area contributed by atoms with Gasteiger partial charge in [0.25, 0.3) is 0 Å². The molecule has 4 nitrogen and oxygen atoms in total. The van der Waals surface area contributed by atoms with Crippen LogP contribution < -0.4 is 10.2 Å². The lowest BCUT2D eigenvalue weighted by molar-refractivity contribution is 0.0505. The van der Waals surface area contributed by atoms with Gasteiger partial charge in [-0.25, -0.2) is 4.79 Å². The lowest BCUT2D eigenvalue weighted by atomic mass is 9.76. The van der Waals surface area contributed by atoms with Crippen molar-refractivity contribution in [1.29, 1.82) is 0 Å². The molecule has 30 heavy (non-hydrogen) atoms. The number of ether oxygens (including phenoxy) is 1. The summed E-state index contributed by atoms with van der Waals surface area (Å²) in [4.78, 5) is 14.7. The first-order chi connectivity index (χ1) is 14.7. The molecule has 0 aromatic heterocycles. The Morgan fingerprint density at radius 3 is 2.57 bits per heavy atom. The molecule has 1 aliphatic carbocycles. The fourth-order valence-electron chi connectivity index (χ4n) is 4.81. The van der Waals surface area contributed by atoms with Crippen molar-refractivity contribution in [1.82, 2.24) is 0 Å². The van der Waals surface area contributed by atoms with Gasteiger partial charge in [0, 0.05) is 30.4 Å². The van der Waals surface area contributed by atoms with Gasteiger partial charge in [-0.05, 0) is 74.1 Å². The topological polar surface area (TPSA) is 41.6 Å². The lowest BCUT2D eigenvalue weighted by Gasteiger charge is -2.38. The lowest BCUT2D eigenvalue weighted by Crippen LogP contribution is -2.29. The van der Waals surface area contributed by atoms with Crippen LogP contribution in [-0.2, 0) is 4.74 Å². The van der Waals surface area contributed by atoms with Gasteiger partial charge in [-0.2, -0.15) is 0 Å². The summed E-state index contributed by atoms with van der Waals surface area (Å²) in [5, 5.41) is 3.76. The van der Waals surface area contributed by atoms with E-state index in [4.69, 9.17) is 4.74 Å². The van der Waals surface area contributed by atoms with Gasteiger partial charge in [-0.3, -0.25) is 0 Å². The number of nitrogens with one attached hydrogen (secondary N) is 1. The fourth-order valence-corrected chi connectivity index (χ4v) is 4.81. The molecule has 0 spiro atoms. The maximum absolute atomic E-state index is 12.3. The smallest absolute Gasteiger partial charge is 0.338 e. The monoisotopic (exact) mass is 404 g/mol. The third kappa shape index (κ3) is 3.83. The van der Waals surface area contributed by atoms with E-state index in [0.717, 1.165) is 31.6 Å². The Kier molecular flexibility index (Phi) is 6.12. The molecule has 0 saturated heterocycles. The van der Waals surface area contributed by atoms with Gasteiger partial charge in [0.05, 0.1) is 18.2 Å². The summed E-state index contributed by atoms with van der Waals surface area (Å²) in [5.74, 6) is 0.554. The van der Waals surface area contributed by atoms with Crippen molar-refractivity contribution in [2.45, 2.75) is 45.6 Å². The molecule has 2 aromatic rings. The van der Waals surface area contributed by atoms with Crippen LogP contribution in [-0.4, -0.2) is 25.7 Å². The van der Waals surface area contributed by atoms with Crippen molar-refractivity contribution in [3.63, 3.8) is 0 Å². The largest absolute Gasteiger partial charge is 0.462 e. The molecule has 4 rings (SSSR count). The molecule has 1 heterocycles. The number of benzene rings is 2. The van der Waals surface area contributed by atoms with Crippen LogP contribution in [0.2, 0.25) is 0 Å². The number of esters is 1. The summed E-state index contributed by atoms with van der Waals surface area (Å²) in [6, 6.07) is 15.2. The number of carbonyl (C=O) groups is 1. The van der Waals surface area contributed by atoms with Gasteiger partial charge in [0.1, 0.15) is 0 Å². The van der Waals surface area contributed by atoms with Gasteiger partial charge in [-0.15, -0.1) is 0 Å². The van der Waals surface area contributed by atoms with Crippen LogP contribution in [0.4, 0.5) is 11.4 Å². The normalized spacial score (nSPS) is 21.5. The molecule has 0 amide bonds. The van der Waals surface area contributed by atoms with Crippen molar-refractivity contribution < 1.29 is 9.53 Å². The first kappa shape index (κ1) is 20.5. The summed E-state index contributed by atoms with van der Waals surface area (Å²) < 4.78 is 5.34. The minimum absolute atomic E-state index is 0.229. The zero-order valence-corrected chi connectivity index (χ0v) is 18.2. The van der Waals surface area contributed by atoms with E-state index in [0.29, 0.717) is 24.0 Å². The van der Waals surface area contributed by atoms with Gasteiger partial charge < -0.3 is 15.0 Å². The quantitative estimate of drug-likeness (QED) is 0.459. The molecule has 2 aromatic carbocycles. The summed E-state index contributed by atoms with van der Waals surface area (Å²) in [6.45, 7) is 8.89. The first-order valence-corrected chi connectivity index (χ1v) is 11.2. The highest BCUT2D eigenvalue weighted by Crippen LogP contribution is 2.50. The first-order valence-electron chi connectivity index (χ1n) is 11.2. The molecular formula is C26H32N2O2. The Bertz CT molecular complexity index is 915. The number of rotatable bonds is 7. The molecule has 4 heteroatoms. The van der Waals surface area contributed by atoms with Gasteiger partial charge >= 0.3 is 5.97 Å². The van der Waals surface area contributed by atoms with Crippen LogP contribution in [0, 0.1) is 5.92 Å². The Morgan fingerprint density at radius 2 is 1.87 bits per heavy atom. The van der Waals surface area contributed by atoms with Crippen molar-refractivity contribution in [2.24, 2.45) is 5.92 Å². The third-order valence-corrected chi connectivity index (χ3v) is 6.42. The van der Waals surface area contributed by atoms with Crippen molar-refractivity contribution in [3.8, 4) is 0 Å². The van der Waals surface area contributed by atoms with E-state index in [9.17, 15) is 4.79 Å². The number of fused-ring (bicyclic) bond motifs is 3. The second-order valence-electron chi connectivity index (χ2n) is 8.18. The maximum atomic E-state index is 12.3. The predicted molar refractivity (Wildman–Crippen MR) is 123 cm³/mol. The average Bonchev–Trinajstić information content (AvgIpc) is 3.28. The Labute approximate surface area is 179 Å². The number of anilines is 2. The molecule has 1 aliphatic heterocycles. The maximum Gasteiger partial charge on any atom is 0.338 e. The van der Waals surface area contributed by atoms with Crippen LogP contribution in [0.25, 0.3) is 0 Å². The second kappa shape index (κ2) is 8.95. The van der Waals surface area contributed by atoms with E-state index in [1.807, 2.05) is 25.1 Å². The van der Waals surface area contributed by atoms with Crippen LogP contribution in [0.3, 0.4) is 0 Å². The molecule has 3 unspecified atom stereocenters. The predicted octanol–water partition coefficient (Wildman–Crippen LogP) is 5.93. The highest BCUT2D eigenvalue weighted by Gasteiger charge is 2.38. The number of hydrogen-bond donors (Lipinski definition) is 1. The summed E-state index contributed by atoms with van der Waals surface area (Å²) >= 11 is 0. The SMILES string of the molecule is CCCOC(=O)c1ccc2c(c1)C1C=CCC1C(c1ccc(N(CC)CC)cc1)N2. The highest BCUT2D eigenvalue weighted by molar-refractivity contribution is 5.90. The average molecular weight is 405 g/mol. The third-order valence-electron chi connectivity index (χ3n) is 6.42. The molecule has 0 saturated carbocycles. The van der Waals surface area contributed by atoms with Crippen LogP contribution in [0.5, 0.6) is 0 Å². The summed E-state index contributed by atoms with van der Waals surface area (Å²) in [6.07, 6.45) is 6.47. The van der Waals surface area contributed by atoms with E-state index in [1.54, 1.807) is 0 Å².